The largest absolute Gasteiger partial charge is 0.481 e. The Morgan fingerprint density at radius 1 is 0.851 bits per heavy atom. The van der Waals surface area contributed by atoms with Crippen molar-refractivity contribution in [3.05, 3.63) is 108 Å². The molecule has 242 valence electrons. The number of amides is 2. The Labute approximate surface area is 275 Å². The van der Waals surface area contributed by atoms with Crippen LogP contribution in [0.25, 0.3) is 11.1 Å². The summed E-state index contributed by atoms with van der Waals surface area (Å²) in [6.07, 6.45) is 13.7. The maximum absolute atomic E-state index is 14.0. The van der Waals surface area contributed by atoms with Crippen LogP contribution in [0.4, 0.5) is 11.4 Å². The minimum atomic E-state index is -1.02. The van der Waals surface area contributed by atoms with Crippen LogP contribution in [0.15, 0.2) is 91.5 Å². The van der Waals surface area contributed by atoms with Crippen LogP contribution in [-0.2, 0) is 16.1 Å². The number of nitrogens with zero attached hydrogens (tertiary/aromatic N) is 4. The van der Waals surface area contributed by atoms with Crippen LogP contribution in [0.5, 0.6) is 0 Å². The van der Waals surface area contributed by atoms with E-state index in [4.69, 9.17) is 0 Å². The second-order valence-electron chi connectivity index (χ2n) is 12.5. The Balaban J connectivity index is 1.34. The number of carbonyl (C=O) groups excluding carboxylic acids is 2. The molecule has 1 saturated heterocycles. The number of aliphatic carboxylic acids is 1. The van der Waals surface area contributed by atoms with Gasteiger partial charge in [-0.2, -0.15) is 0 Å². The van der Waals surface area contributed by atoms with Gasteiger partial charge in [-0.3, -0.25) is 24.4 Å². The Kier molecular flexibility index (Phi) is 10.2. The number of hydrogen-bond donors (Lipinski definition) is 2. The molecular weight excluding hydrogens is 590 g/mol. The maximum Gasteiger partial charge on any atom is 0.305 e. The van der Waals surface area contributed by atoms with Gasteiger partial charge in [-0.15, -0.1) is 0 Å². The average molecular weight is 632 g/mol. The Morgan fingerprint density at radius 3 is 2.26 bits per heavy atom. The van der Waals surface area contributed by atoms with Crippen molar-refractivity contribution >= 4 is 29.2 Å². The molecule has 1 saturated carbocycles. The van der Waals surface area contributed by atoms with E-state index in [1.165, 1.54) is 19.0 Å². The Hall–Kier alpha value is -5.05. The number of benzene rings is 2. The number of aromatic nitrogens is 2. The fraction of sp³-hybridized carbons (Fsp3) is 0.342. The molecule has 0 bridgehead atoms. The minimum Gasteiger partial charge on any atom is -0.481 e. The Bertz CT molecular complexity index is 1690. The van der Waals surface area contributed by atoms with Gasteiger partial charge in [0.05, 0.1) is 29.4 Å². The molecule has 3 heterocycles. The monoisotopic (exact) mass is 631 g/mol. The third-order valence-electron chi connectivity index (χ3n) is 9.27. The van der Waals surface area contributed by atoms with E-state index in [9.17, 15) is 19.5 Å². The first kappa shape index (κ1) is 31.9. The zero-order chi connectivity index (χ0) is 32.6. The Morgan fingerprint density at radius 2 is 1.60 bits per heavy atom. The first-order valence-corrected chi connectivity index (χ1v) is 16.6. The van der Waals surface area contributed by atoms with E-state index in [-0.39, 0.29) is 30.7 Å². The summed E-state index contributed by atoms with van der Waals surface area (Å²) in [7, 11) is 0. The molecule has 1 aliphatic carbocycles. The van der Waals surface area contributed by atoms with Crippen molar-refractivity contribution < 1.29 is 19.5 Å². The maximum atomic E-state index is 14.0. The SMILES string of the molecule is O=C(O)CC(c1cccnc1)N(Cc1cccc(-c2ccc(N3CCCCCC3)c(NC(=O)C3CCC3)c2)c1)C(=O)c1cccnc1. The molecule has 9 heteroatoms. The van der Waals surface area contributed by atoms with Gasteiger partial charge in [-0.1, -0.05) is 49.6 Å². The summed E-state index contributed by atoms with van der Waals surface area (Å²) < 4.78 is 0. The van der Waals surface area contributed by atoms with Crippen LogP contribution in [-0.4, -0.2) is 50.8 Å². The molecule has 47 heavy (non-hydrogen) atoms. The van der Waals surface area contributed by atoms with Crippen molar-refractivity contribution in [2.24, 2.45) is 5.92 Å². The van der Waals surface area contributed by atoms with Crippen molar-refractivity contribution in [1.82, 2.24) is 14.9 Å². The highest BCUT2D eigenvalue weighted by molar-refractivity contribution is 5.97. The summed E-state index contributed by atoms with van der Waals surface area (Å²) in [6.45, 7) is 2.11. The predicted octanol–water partition coefficient (Wildman–Crippen LogP) is 7.12. The molecule has 2 aromatic carbocycles. The second kappa shape index (κ2) is 15.0. The second-order valence-corrected chi connectivity index (χ2v) is 12.5. The van der Waals surface area contributed by atoms with Crippen molar-refractivity contribution in [3.8, 4) is 11.1 Å². The number of hydrogen-bond acceptors (Lipinski definition) is 6. The first-order chi connectivity index (χ1) is 23.0. The molecule has 9 nitrogen and oxygen atoms in total. The minimum absolute atomic E-state index is 0.0702. The number of carboxylic acids is 1. The topological polar surface area (TPSA) is 116 Å². The average Bonchev–Trinajstić information content (AvgIpc) is 3.36. The number of anilines is 2. The number of carbonyl (C=O) groups is 3. The molecule has 2 aromatic heterocycles. The van der Waals surface area contributed by atoms with Gasteiger partial charge >= 0.3 is 5.97 Å². The van der Waals surface area contributed by atoms with Gasteiger partial charge in [0.1, 0.15) is 0 Å². The highest BCUT2D eigenvalue weighted by Gasteiger charge is 2.30. The number of pyridine rings is 2. The van der Waals surface area contributed by atoms with Gasteiger partial charge in [0.25, 0.3) is 5.91 Å². The molecular formula is C38H41N5O4. The third kappa shape index (κ3) is 7.85. The van der Waals surface area contributed by atoms with E-state index in [0.29, 0.717) is 11.1 Å². The van der Waals surface area contributed by atoms with Crippen LogP contribution in [0.3, 0.4) is 0 Å². The molecule has 0 radical (unpaired) electrons. The molecule has 2 N–H and O–H groups in total. The van der Waals surface area contributed by atoms with Gasteiger partial charge in [-0.05, 0) is 84.3 Å². The summed E-state index contributed by atoms with van der Waals surface area (Å²) in [5, 5.41) is 13.1. The smallest absolute Gasteiger partial charge is 0.305 e. The van der Waals surface area contributed by atoms with Crippen molar-refractivity contribution in [3.63, 3.8) is 0 Å². The highest BCUT2D eigenvalue weighted by Crippen LogP contribution is 2.36. The fourth-order valence-corrected chi connectivity index (χ4v) is 6.48. The zero-order valence-electron chi connectivity index (χ0n) is 26.6. The van der Waals surface area contributed by atoms with Gasteiger partial charge in [0.15, 0.2) is 0 Å². The van der Waals surface area contributed by atoms with Crippen LogP contribution < -0.4 is 10.2 Å². The lowest BCUT2D eigenvalue weighted by molar-refractivity contribution is -0.138. The fourth-order valence-electron chi connectivity index (χ4n) is 6.48. The normalized spacial score (nSPS) is 15.6. The summed E-state index contributed by atoms with van der Waals surface area (Å²) in [5.41, 5.74) is 5.63. The lowest BCUT2D eigenvalue weighted by Crippen LogP contribution is -2.36. The van der Waals surface area contributed by atoms with E-state index >= 15 is 0 Å². The van der Waals surface area contributed by atoms with Crippen LogP contribution in [0, 0.1) is 5.92 Å². The lowest BCUT2D eigenvalue weighted by Gasteiger charge is -2.31. The quantitative estimate of drug-likeness (QED) is 0.181. The van der Waals surface area contributed by atoms with Gasteiger partial charge in [0, 0.05) is 50.3 Å². The standard InChI is InChI=1S/C38H41N5O4/c44-36(45)23-35(31-13-7-17-39-24-31)43(38(47)32-14-8-18-40-25-32)26-27-9-5-12-29(21-27)30-15-16-34(42-19-3-1-2-4-20-42)33(22-30)41-37(46)28-10-6-11-28/h5,7-9,12-18,21-22,24-25,28,35H,1-4,6,10-11,19-20,23,26H2,(H,41,46)(H,44,45). The molecule has 2 fully saturated rings. The van der Waals surface area contributed by atoms with Crippen LogP contribution in [0.2, 0.25) is 0 Å². The summed E-state index contributed by atoms with van der Waals surface area (Å²) in [5.74, 6) is -1.18. The summed E-state index contributed by atoms with van der Waals surface area (Å²) >= 11 is 0. The van der Waals surface area contributed by atoms with E-state index < -0.39 is 12.0 Å². The third-order valence-corrected chi connectivity index (χ3v) is 9.27. The molecule has 6 rings (SSSR count). The highest BCUT2D eigenvalue weighted by atomic mass is 16.4. The van der Waals surface area contributed by atoms with E-state index in [1.54, 1.807) is 47.8 Å². The van der Waals surface area contributed by atoms with Gasteiger partial charge in [0.2, 0.25) is 5.91 Å². The predicted molar refractivity (Wildman–Crippen MR) is 182 cm³/mol. The molecule has 1 unspecified atom stereocenters. The first-order valence-electron chi connectivity index (χ1n) is 16.6. The number of nitrogens with one attached hydrogen (secondary N) is 1. The van der Waals surface area contributed by atoms with Gasteiger partial charge in [-0.25, -0.2) is 0 Å². The molecule has 1 atom stereocenters. The molecule has 2 amide bonds. The van der Waals surface area contributed by atoms with Gasteiger partial charge < -0.3 is 20.2 Å². The van der Waals surface area contributed by atoms with E-state index in [0.717, 1.165) is 73.3 Å². The van der Waals surface area contributed by atoms with Crippen LogP contribution >= 0.6 is 0 Å². The molecule has 0 spiro atoms. The summed E-state index contributed by atoms with van der Waals surface area (Å²) in [4.78, 5) is 51.5. The van der Waals surface area contributed by atoms with Crippen LogP contribution in [0.1, 0.15) is 78.9 Å². The molecule has 2 aliphatic rings. The lowest BCUT2D eigenvalue weighted by atomic mass is 9.85. The zero-order valence-corrected chi connectivity index (χ0v) is 26.6. The number of rotatable bonds is 11. The van der Waals surface area contributed by atoms with Crippen molar-refractivity contribution in [1.29, 1.82) is 0 Å². The summed E-state index contributed by atoms with van der Waals surface area (Å²) in [6, 6.07) is 20.4. The molecule has 1 aliphatic heterocycles. The van der Waals surface area contributed by atoms with Crippen molar-refractivity contribution in [2.45, 2.75) is 64.0 Å². The molecule has 4 aromatic rings. The van der Waals surface area contributed by atoms with Crippen molar-refractivity contribution in [2.75, 3.05) is 23.3 Å². The number of carboxylic acid groups (broad SMARTS) is 1. The van der Waals surface area contributed by atoms with E-state index in [1.807, 2.05) is 24.3 Å². The van der Waals surface area contributed by atoms with E-state index in [2.05, 4.69) is 38.4 Å².